The van der Waals surface area contributed by atoms with E-state index in [1.54, 1.807) is 0 Å². The van der Waals surface area contributed by atoms with Crippen molar-refractivity contribution in [1.29, 1.82) is 0 Å². The molecule has 0 radical (unpaired) electrons. The van der Waals surface area contributed by atoms with Gasteiger partial charge in [-0.3, -0.25) is 9.36 Å². The van der Waals surface area contributed by atoms with Crippen LogP contribution in [0.25, 0.3) is 11.2 Å². The fourth-order valence-corrected chi connectivity index (χ4v) is 2.69. The van der Waals surface area contributed by atoms with E-state index in [1.807, 2.05) is 30.3 Å². The summed E-state index contributed by atoms with van der Waals surface area (Å²) < 4.78 is 1.54. The average molecular weight is 330 g/mol. The zero-order chi connectivity index (χ0) is 16.4. The highest BCUT2D eigenvalue weighted by molar-refractivity contribution is 7.99. The van der Waals surface area contributed by atoms with Crippen LogP contribution < -0.4 is 11.5 Å². The van der Waals surface area contributed by atoms with Gasteiger partial charge in [0.2, 0.25) is 5.91 Å². The number of nitrogens with zero attached hydrogens (tertiary/aromatic N) is 4. The van der Waals surface area contributed by atoms with Gasteiger partial charge in [0.25, 0.3) is 6.01 Å². The minimum atomic E-state index is -0.474. The molecule has 0 atom stereocenters. The lowest BCUT2D eigenvalue weighted by Crippen LogP contribution is -2.13. The van der Waals surface area contributed by atoms with Crippen molar-refractivity contribution in [1.82, 2.24) is 19.5 Å². The van der Waals surface area contributed by atoms with E-state index in [0.29, 0.717) is 22.9 Å². The van der Waals surface area contributed by atoms with Gasteiger partial charge in [-0.15, -0.1) is 0 Å². The van der Waals surface area contributed by atoms with E-state index in [1.165, 1.54) is 4.57 Å². The Morgan fingerprint density at radius 2 is 1.96 bits per heavy atom. The van der Waals surface area contributed by atoms with Crippen LogP contribution in [0.5, 0.6) is 6.01 Å². The number of fused-ring (bicyclic) bond motifs is 1. The first-order valence-corrected chi connectivity index (χ1v) is 7.71. The summed E-state index contributed by atoms with van der Waals surface area (Å²) in [7, 11) is 0. The van der Waals surface area contributed by atoms with Gasteiger partial charge < -0.3 is 16.6 Å². The van der Waals surface area contributed by atoms with E-state index >= 15 is 0 Å². The molecule has 9 heteroatoms. The number of carbonyl (C=O) groups excluding carboxylic acids is 1. The Hall–Kier alpha value is -2.81. The van der Waals surface area contributed by atoms with Gasteiger partial charge in [-0.2, -0.15) is 4.98 Å². The molecule has 0 saturated carbocycles. The molecule has 8 nitrogen and oxygen atoms in total. The van der Waals surface area contributed by atoms with Gasteiger partial charge in [0, 0.05) is 0 Å². The number of hydrogen-bond acceptors (Lipinski definition) is 7. The third-order valence-electron chi connectivity index (χ3n) is 3.11. The number of hydrogen-bond donors (Lipinski definition) is 3. The molecule has 0 fully saturated rings. The minimum absolute atomic E-state index is 0.0454. The van der Waals surface area contributed by atoms with Crippen LogP contribution >= 0.6 is 11.8 Å². The number of aromatic nitrogens is 4. The zero-order valence-electron chi connectivity index (χ0n) is 12.0. The number of thioether (sulfide) groups is 1. The van der Waals surface area contributed by atoms with Crippen LogP contribution in [0, 0.1) is 0 Å². The molecule has 0 aliphatic heterocycles. The second kappa shape index (κ2) is 6.13. The molecule has 0 bridgehead atoms. The van der Waals surface area contributed by atoms with Crippen molar-refractivity contribution in [3.63, 3.8) is 0 Å². The SMILES string of the molecule is NC(=O)CSc1nc(N)c2nc(O)n(Cc3ccccc3)c2n1. The van der Waals surface area contributed by atoms with Crippen LogP contribution in [0.2, 0.25) is 0 Å². The van der Waals surface area contributed by atoms with Crippen LogP contribution in [-0.2, 0) is 11.3 Å². The highest BCUT2D eigenvalue weighted by atomic mass is 32.2. The predicted molar refractivity (Wildman–Crippen MR) is 86.9 cm³/mol. The number of rotatable bonds is 5. The van der Waals surface area contributed by atoms with E-state index in [2.05, 4.69) is 15.0 Å². The summed E-state index contributed by atoms with van der Waals surface area (Å²) in [5, 5.41) is 10.4. The number of anilines is 1. The number of aromatic hydroxyl groups is 1. The summed E-state index contributed by atoms with van der Waals surface area (Å²) >= 11 is 1.08. The lowest BCUT2D eigenvalue weighted by molar-refractivity contribution is -0.115. The molecule has 118 valence electrons. The Labute approximate surface area is 135 Å². The molecule has 0 aliphatic carbocycles. The Morgan fingerprint density at radius 3 is 2.65 bits per heavy atom. The summed E-state index contributed by atoms with van der Waals surface area (Å²) in [6, 6.07) is 9.39. The lowest BCUT2D eigenvalue weighted by Gasteiger charge is -2.06. The molecule has 3 aromatic rings. The Bertz CT molecular complexity index is 865. The summed E-state index contributed by atoms with van der Waals surface area (Å²) in [6.45, 7) is 0.388. The first-order chi connectivity index (χ1) is 11.0. The predicted octanol–water partition coefficient (Wildman–Crippen LogP) is 0.740. The van der Waals surface area contributed by atoms with Gasteiger partial charge >= 0.3 is 0 Å². The number of nitrogens with two attached hydrogens (primary N) is 2. The van der Waals surface area contributed by atoms with Crippen molar-refractivity contribution in [2.24, 2.45) is 5.73 Å². The van der Waals surface area contributed by atoms with Crippen LogP contribution in [-0.4, -0.2) is 36.3 Å². The molecule has 0 spiro atoms. The van der Waals surface area contributed by atoms with Crippen molar-refractivity contribution >= 4 is 34.7 Å². The second-order valence-corrected chi connectivity index (χ2v) is 5.74. The molecule has 3 rings (SSSR count). The zero-order valence-corrected chi connectivity index (χ0v) is 12.8. The number of nitrogen functional groups attached to an aromatic ring is 1. The first kappa shape index (κ1) is 15.1. The molecule has 1 aromatic carbocycles. The van der Waals surface area contributed by atoms with Gasteiger partial charge in [-0.05, 0) is 5.56 Å². The van der Waals surface area contributed by atoms with Crippen molar-refractivity contribution in [2.45, 2.75) is 11.7 Å². The normalized spacial score (nSPS) is 11.0. The number of amides is 1. The maximum absolute atomic E-state index is 10.9. The number of carbonyl (C=O) groups is 1. The molecule has 2 aromatic heterocycles. The number of imidazole rings is 1. The minimum Gasteiger partial charge on any atom is -0.480 e. The standard InChI is InChI=1S/C14H14N6O2S/c15-9(21)7-23-13-18-11(16)10-12(19-13)20(14(22)17-10)6-8-4-2-1-3-5-8/h1-5H,6-7H2,(H2,15,21)(H,17,22)(H2,16,18,19). The van der Waals surface area contributed by atoms with Crippen LogP contribution in [0.1, 0.15) is 5.56 Å². The van der Waals surface area contributed by atoms with E-state index in [9.17, 15) is 9.90 Å². The van der Waals surface area contributed by atoms with Gasteiger partial charge in [0.1, 0.15) is 0 Å². The van der Waals surface area contributed by atoms with Crippen molar-refractivity contribution in [3.8, 4) is 6.01 Å². The second-order valence-electron chi connectivity index (χ2n) is 4.80. The van der Waals surface area contributed by atoms with Gasteiger partial charge in [-0.1, -0.05) is 42.1 Å². The topological polar surface area (TPSA) is 133 Å². The van der Waals surface area contributed by atoms with Crippen molar-refractivity contribution in [2.75, 3.05) is 11.5 Å². The van der Waals surface area contributed by atoms with Crippen LogP contribution in [0.3, 0.4) is 0 Å². The number of primary amides is 1. The Balaban J connectivity index is 2.03. The van der Waals surface area contributed by atoms with E-state index in [0.717, 1.165) is 17.3 Å². The molecule has 5 N–H and O–H groups in total. The third kappa shape index (κ3) is 3.19. The third-order valence-corrected chi connectivity index (χ3v) is 3.98. The maximum Gasteiger partial charge on any atom is 0.296 e. The quantitative estimate of drug-likeness (QED) is 0.464. The molecular formula is C14H14N6O2S. The molecule has 0 unspecified atom stereocenters. The Kier molecular flexibility index (Phi) is 4.02. The lowest BCUT2D eigenvalue weighted by atomic mass is 10.2. The summed E-state index contributed by atoms with van der Waals surface area (Å²) in [5.74, 6) is -0.286. The molecule has 0 aliphatic rings. The van der Waals surface area contributed by atoms with Gasteiger partial charge in [0.15, 0.2) is 22.1 Å². The smallest absolute Gasteiger partial charge is 0.296 e. The highest BCUT2D eigenvalue weighted by Crippen LogP contribution is 2.26. The van der Waals surface area contributed by atoms with Crippen molar-refractivity contribution < 1.29 is 9.90 Å². The number of benzene rings is 1. The fraction of sp³-hybridized carbons (Fsp3) is 0.143. The Morgan fingerprint density at radius 1 is 1.22 bits per heavy atom. The highest BCUT2D eigenvalue weighted by Gasteiger charge is 2.17. The first-order valence-electron chi connectivity index (χ1n) is 6.72. The summed E-state index contributed by atoms with van der Waals surface area (Å²) in [6.07, 6.45) is 0. The van der Waals surface area contributed by atoms with E-state index in [4.69, 9.17) is 11.5 Å². The van der Waals surface area contributed by atoms with Crippen LogP contribution in [0.15, 0.2) is 35.5 Å². The van der Waals surface area contributed by atoms with Crippen LogP contribution in [0.4, 0.5) is 5.82 Å². The molecule has 23 heavy (non-hydrogen) atoms. The summed E-state index contributed by atoms with van der Waals surface area (Å²) in [5.41, 5.74) is 12.7. The summed E-state index contributed by atoms with van der Waals surface area (Å²) in [4.78, 5) is 23.3. The van der Waals surface area contributed by atoms with E-state index < -0.39 is 5.91 Å². The molecule has 1 amide bonds. The molecular weight excluding hydrogens is 316 g/mol. The average Bonchev–Trinajstić information content (AvgIpc) is 2.83. The fourth-order valence-electron chi connectivity index (χ4n) is 2.10. The van der Waals surface area contributed by atoms with Gasteiger partial charge in [-0.25, -0.2) is 9.97 Å². The largest absolute Gasteiger partial charge is 0.480 e. The molecule has 0 saturated heterocycles. The van der Waals surface area contributed by atoms with E-state index in [-0.39, 0.29) is 17.6 Å². The van der Waals surface area contributed by atoms with Gasteiger partial charge in [0.05, 0.1) is 12.3 Å². The monoisotopic (exact) mass is 330 g/mol. The molecule has 2 heterocycles. The maximum atomic E-state index is 10.9. The van der Waals surface area contributed by atoms with Crippen molar-refractivity contribution in [3.05, 3.63) is 35.9 Å².